The zero-order valence-corrected chi connectivity index (χ0v) is 13.9. The number of anilines is 1. The van der Waals surface area contributed by atoms with E-state index in [1.807, 2.05) is 6.08 Å². The molecule has 2 rings (SSSR count). The Bertz CT molecular complexity index is 725. The number of non-ortho nitro benzene ring substituents is 1. The van der Waals surface area contributed by atoms with Gasteiger partial charge in [-0.1, -0.05) is 26.3 Å². The van der Waals surface area contributed by atoms with Gasteiger partial charge in [0.25, 0.3) is 5.69 Å². The summed E-state index contributed by atoms with van der Waals surface area (Å²) >= 11 is 0. The molecule has 0 spiro atoms. The van der Waals surface area contributed by atoms with Crippen LogP contribution in [-0.4, -0.2) is 15.6 Å². The highest BCUT2D eigenvalue weighted by molar-refractivity contribution is 5.98. The van der Waals surface area contributed by atoms with E-state index >= 15 is 0 Å². The first kappa shape index (κ1) is 17.6. The van der Waals surface area contributed by atoms with Gasteiger partial charge in [0.2, 0.25) is 0 Å². The van der Waals surface area contributed by atoms with Gasteiger partial charge in [0.1, 0.15) is 5.69 Å². The molecule has 0 fully saturated rings. The van der Waals surface area contributed by atoms with Gasteiger partial charge >= 0.3 is 5.69 Å². The largest absolute Gasteiger partial charge is 0.301 e. The molecule has 1 aliphatic carbocycles. The summed E-state index contributed by atoms with van der Waals surface area (Å²) in [6.07, 6.45) is 4.03. The Morgan fingerprint density at radius 1 is 1.25 bits per heavy atom. The van der Waals surface area contributed by atoms with Crippen molar-refractivity contribution in [1.82, 2.24) is 0 Å². The lowest BCUT2D eigenvalue weighted by Gasteiger charge is -2.22. The van der Waals surface area contributed by atoms with Crippen molar-refractivity contribution >= 4 is 22.8 Å². The van der Waals surface area contributed by atoms with Crippen LogP contribution in [-0.2, 0) is 0 Å². The van der Waals surface area contributed by atoms with Crippen LogP contribution in [0, 0.1) is 32.1 Å². The second-order valence-electron chi connectivity index (χ2n) is 6.18. The van der Waals surface area contributed by atoms with E-state index in [0.29, 0.717) is 5.92 Å². The van der Waals surface area contributed by atoms with Gasteiger partial charge in [0.05, 0.1) is 21.6 Å². The molecule has 24 heavy (non-hydrogen) atoms. The molecule has 0 radical (unpaired) electrons. The van der Waals surface area contributed by atoms with Gasteiger partial charge in [0.15, 0.2) is 0 Å². The molecule has 1 atom stereocenters. The number of allylic oxidation sites excluding steroid dienone is 2. The number of nitro groups is 2. The Hall–Kier alpha value is -2.77. The van der Waals surface area contributed by atoms with Crippen LogP contribution in [0.4, 0.5) is 17.1 Å². The van der Waals surface area contributed by atoms with E-state index < -0.39 is 9.85 Å². The quantitative estimate of drug-likeness (QED) is 0.639. The fraction of sp³-hybridized carbons (Fsp3) is 0.438. The van der Waals surface area contributed by atoms with Gasteiger partial charge in [-0.25, -0.2) is 0 Å². The standard InChI is InChI=1S/C16H20N4O4/c1-10(2)12-5-4-11(3)15(8-12)18-17-14-7-6-13(19(21)22)9-16(14)20(23)24/h6-11,17H,4-5H2,1-3H3/b18-15+. The molecule has 1 aromatic carbocycles. The molecule has 0 aliphatic heterocycles. The Labute approximate surface area is 139 Å². The first-order valence-electron chi connectivity index (χ1n) is 7.76. The average Bonchev–Trinajstić information content (AvgIpc) is 2.53. The highest BCUT2D eigenvalue weighted by Crippen LogP contribution is 2.30. The van der Waals surface area contributed by atoms with Gasteiger partial charge in [-0.15, -0.1) is 0 Å². The number of benzene rings is 1. The fourth-order valence-electron chi connectivity index (χ4n) is 2.54. The predicted octanol–water partition coefficient (Wildman–Crippen LogP) is 4.28. The second kappa shape index (κ2) is 7.20. The fourth-order valence-corrected chi connectivity index (χ4v) is 2.54. The van der Waals surface area contributed by atoms with E-state index in [1.165, 1.54) is 17.7 Å². The van der Waals surface area contributed by atoms with Crippen molar-refractivity contribution in [3.63, 3.8) is 0 Å². The van der Waals surface area contributed by atoms with Gasteiger partial charge in [-0.2, -0.15) is 5.10 Å². The van der Waals surface area contributed by atoms with Gasteiger partial charge < -0.3 is 0 Å². The SMILES string of the molecule is CC(C)C1=C/C(=N\Nc2ccc([N+](=O)[O-])cc2[N+](=O)[O-])C(C)CC1. The monoisotopic (exact) mass is 332 g/mol. The number of nitrogens with one attached hydrogen (secondary N) is 1. The van der Waals surface area contributed by atoms with Crippen molar-refractivity contribution in [1.29, 1.82) is 0 Å². The third-order valence-electron chi connectivity index (χ3n) is 4.14. The highest BCUT2D eigenvalue weighted by atomic mass is 16.6. The molecule has 0 amide bonds. The zero-order valence-electron chi connectivity index (χ0n) is 13.9. The molecule has 0 heterocycles. The Morgan fingerprint density at radius 2 is 1.96 bits per heavy atom. The minimum absolute atomic E-state index is 0.135. The van der Waals surface area contributed by atoms with Crippen LogP contribution in [0.5, 0.6) is 0 Å². The molecule has 1 aliphatic rings. The summed E-state index contributed by atoms with van der Waals surface area (Å²) in [6.45, 7) is 6.29. The Morgan fingerprint density at radius 3 is 2.54 bits per heavy atom. The smallest absolute Gasteiger partial charge is 0.271 e. The number of nitrogens with zero attached hydrogens (tertiary/aromatic N) is 3. The maximum Gasteiger partial charge on any atom is 0.301 e. The van der Waals surface area contributed by atoms with Gasteiger partial charge in [-0.3, -0.25) is 25.7 Å². The van der Waals surface area contributed by atoms with Crippen LogP contribution in [0.3, 0.4) is 0 Å². The lowest BCUT2D eigenvalue weighted by Crippen LogP contribution is -2.18. The third-order valence-corrected chi connectivity index (χ3v) is 4.14. The van der Waals surface area contributed by atoms with E-state index in [4.69, 9.17) is 0 Å². The molecule has 0 aromatic heterocycles. The van der Waals surface area contributed by atoms with Gasteiger partial charge in [-0.05, 0) is 30.9 Å². The molecule has 128 valence electrons. The number of hydrazone groups is 1. The first-order chi connectivity index (χ1) is 11.3. The Balaban J connectivity index is 2.32. The maximum absolute atomic E-state index is 11.1. The molecular formula is C16H20N4O4. The van der Waals surface area contributed by atoms with E-state index in [2.05, 4.69) is 31.3 Å². The summed E-state index contributed by atoms with van der Waals surface area (Å²) in [5.74, 6) is 0.675. The van der Waals surface area contributed by atoms with Crippen LogP contribution in [0.25, 0.3) is 0 Å². The molecule has 1 aromatic rings. The maximum atomic E-state index is 11.1. The van der Waals surface area contributed by atoms with Crippen molar-refractivity contribution in [3.05, 3.63) is 50.1 Å². The van der Waals surface area contributed by atoms with Crippen LogP contribution in [0.1, 0.15) is 33.6 Å². The molecule has 1 N–H and O–H groups in total. The number of rotatable bonds is 5. The molecule has 0 saturated carbocycles. The predicted molar refractivity (Wildman–Crippen MR) is 92.1 cm³/mol. The van der Waals surface area contributed by atoms with Crippen molar-refractivity contribution in [2.24, 2.45) is 16.9 Å². The first-order valence-corrected chi connectivity index (χ1v) is 7.76. The molecular weight excluding hydrogens is 312 g/mol. The summed E-state index contributed by atoms with van der Waals surface area (Å²) in [5.41, 5.74) is 4.27. The van der Waals surface area contributed by atoms with E-state index in [1.54, 1.807) is 0 Å². The van der Waals surface area contributed by atoms with Crippen LogP contribution >= 0.6 is 0 Å². The van der Waals surface area contributed by atoms with Crippen molar-refractivity contribution in [3.8, 4) is 0 Å². The van der Waals surface area contributed by atoms with Crippen molar-refractivity contribution < 1.29 is 9.85 Å². The minimum Gasteiger partial charge on any atom is -0.271 e. The topological polar surface area (TPSA) is 111 Å². The molecule has 8 heteroatoms. The van der Waals surface area contributed by atoms with Crippen molar-refractivity contribution in [2.45, 2.75) is 33.6 Å². The summed E-state index contributed by atoms with van der Waals surface area (Å²) in [5, 5.41) is 26.2. The Kier molecular flexibility index (Phi) is 5.28. The van der Waals surface area contributed by atoms with Crippen LogP contribution < -0.4 is 5.43 Å². The summed E-state index contributed by atoms with van der Waals surface area (Å²) in [4.78, 5) is 20.6. The number of hydrogen-bond acceptors (Lipinski definition) is 6. The van der Waals surface area contributed by atoms with E-state index in [-0.39, 0.29) is 23.0 Å². The molecule has 0 bridgehead atoms. The number of hydrogen-bond donors (Lipinski definition) is 1. The van der Waals surface area contributed by atoms with Crippen LogP contribution in [0.2, 0.25) is 0 Å². The average molecular weight is 332 g/mol. The zero-order chi connectivity index (χ0) is 17.9. The molecule has 0 saturated heterocycles. The lowest BCUT2D eigenvalue weighted by atomic mass is 9.85. The highest BCUT2D eigenvalue weighted by Gasteiger charge is 2.21. The second-order valence-corrected chi connectivity index (χ2v) is 6.18. The normalized spacial score (nSPS) is 19.2. The molecule has 1 unspecified atom stereocenters. The van der Waals surface area contributed by atoms with E-state index in [9.17, 15) is 20.2 Å². The van der Waals surface area contributed by atoms with E-state index in [0.717, 1.165) is 24.6 Å². The summed E-state index contributed by atoms with van der Waals surface area (Å²) in [6, 6.07) is 3.46. The minimum atomic E-state index is -0.663. The lowest BCUT2D eigenvalue weighted by molar-refractivity contribution is -0.393. The van der Waals surface area contributed by atoms with Gasteiger partial charge in [0, 0.05) is 12.0 Å². The summed E-state index contributed by atoms with van der Waals surface area (Å²) in [7, 11) is 0. The summed E-state index contributed by atoms with van der Waals surface area (Å²) < 4.78 is 0. The van der Waals surface area contributed by atoms with Crippen molar-refractivity contribution in [2.75, 3.05) is 5.43 Å². The van der Waals surface area contributed by atoms with Crippen LogP contribution in [0.15, 0.2) is 34.9 Å². The third kappa shape index (κ3) is 3.95. The number of nitro benzene ring substituents is 2. The molecule has 8 nitrogen and oxygen atoms in total.